The summed E-state index contributed by atoms with van der Waals surface area (Å²) in [5, 5.41) is 17.4. The first-order valence-corrected chi connectivity index (χ1v) is 7.36. The first kappa shape index (κ1) is 11.5. The van der Waals surface area contributed by atoms with Gasteiger partial charge >= 0.3 is 0 Å². The summed E-state index contributed by atoms with van der Waals surface area (Å²) in [7, 11) is 0. The lowest BCUT2D eigenvalue weighted by Gasteiger charge is -2.19. The van der Waals surface area contributed by atoms with Crippen molar-refractivity contribution in [3.05, 3.63) is 34.5 Å². The van der Waals surface area contributed by atoms with E-state index in [1.807, 2.05) is 16.8 Å². The van der Waals surface area contributed by atoms with Crippen molar-refractivity contribution in [2.24, 2.45) is 17.8 Å². The number of rotatable bonds is 5. The molecule has 17 heavy (non-hydrogen) atoms. The van der Waals surface area contributed by atoms with Crippen molar-refractivity contribution in [1.82, 2.24) is 5.32 Å². The van der Waals surface area contributed by atoms with E-state index >= 15 is 0 Å². The number of hydrogen-bond acceptors (Lipinski definition) is 3. The van der Waals surface area contributed by atoms with E-state index in [1.165, 1.54) is 12.8 Å². The molecule has 0 amide bonds. The van der Waals surface area contributed by atoms with E-state index in [-0.39, 0.29) is 6.10 Å². The van der Waals surface area contributed by atoms with Crippen molar-refractivity contribution in [2.75, 3.05) is 13.1 Å². The van der Waals surface area contributed by atoms with Crippen LogP contribution in [0.15, 0.2) is 29.0 Å². The molecule has 0 saturated heterocycles. The first-order valence-electron chi connectivity index (χ1n) is 6.42. The molecular weight excluding hydrogens is 230 g/mol. The van der Waals surface area contributed by atoms with Crippen LogP contribution in [-0.2, 0) is 0 Å². The van der Waals surface area contributed by atoms with Gasteiger partial charge in [0.25, 0.3) is 0 Å². The largest absolute Gasteiger partial charge is 0.387 e. The Labute approximate surface area is 106 Å². The monoisotopic (exact) mass is 249 g/mol. The summed E-state index contributed by atoms with van der Waals surface area (Å²) in [6.07, 6.45) is 7.11. The molecule has 4 atom stereocenters. The number of allylic oxidation sites excluding steroid dienone is 2. The van der Waals surface area contributed by atoms with Crippen molar-refractivity contribution in [3.8, 4) is 0 Å². The third-order valence-corrected chi connectivity index (χ3v) is 4.79. The van der Waals surface area contributed by atoms with Crippen molar-refractivity contribution in [1.29, 1.82) is 0 Å². The van der Waals surface area contributed by atoms with Gasteiger partial charge in [-0.05, 0) is 59.5 Å². The first-order chi connectivity index (χ1) is 8.33. The van der Waals surface area contributed by atoms with E-state index in [0.717, 1.165) is 29.9 Å². The van der Waals surface area contributed by atoms with Gasteiger partial charge in [0.05, 0.1) is 6.10 Å². The van der Waals surface area contributed by atoms with Crippen LogP contribution < -0.4 is 5.32 Å². The number of aliphatic hydroxyl groups is 1. The third kappa shape index (κ3) is 2.46. The van der Waals surface area contributed by atoms with Crippen LogP contribution in [-0.4, -0.2) is 18.2 Å². The van der Waals surface area contributed by atoms with Gasteiger partial charge in [0, 0.05) is 6.54 Å². The fraction of sp³-hybridized carbons (Fsp3) is 0.571. The Hall–Kier alpha value is -0.640. The number of fused-ring (bicyclic) bond motifs is 2. The Morgan fingerprint density at radius 2 is 2.35 bits per heavy atom. The second-order valence-corrected chi connectivity index (χ2v) is 6.05. The fourth-order valence-electron chi connectivity index (χ4n) is 3.12. The lowest BCUT2D eigenvalue weighted by molar-refractivity contribution is 0.172. The van der Waals surface area contributed by atoms with Crippen molar-refractivity contribution in [3.63, 3.8) is 0 Å². The summed E-state index contributed by atoms with van der Waals surface area (Å²) in [4.78, 5) is 0. The summed E-state index contributed by atoms with van der Waals surface area (Å²) >= 11 is 1.64. The summed E-state index contributed by atoms with van der Waals surface area (Å²) in [6.45, 7) is 1.72. The van der Waals surface area contributed by atoms with Gasteiger partial charge in [0.1, 0.15) is 0 Å². The average molecular weight is 249 g/mol. The zero-order chi connectivity index (χ0) is 11.7. The highest BCUT2D eigenvalue weighted by atomic mass is 32.1. The lowest BCUT2D eigenvalue weighted by Crippen LogP contribution is -2.29. The molecule has 3 rings (SSSR count). The number of nitrogens with one attached hydrogen (secondary N) is 1. The molecule has 92 valence electrons. The Balaban J connectivity index is 1.42. The van der Waals surface area contributed by atoms with Gasteiger partial charge in [0.15, 0.2) is 0 Å². The van der Waals surface area contributed by atoms with Crippen LogP contribution in [0.1, 0.15) is 24.5 Å². The predicted molar refractivity (Wildman–Crippen MR) is 71.0 cm³/mol. The van der Waals surface area contributed by atoms with Crippen molar-refractivity contribution in [2.45, 2.75) is 18.9 Å². The summed E-state index contributed by atoms with van der Waals surface area (Å²) < 4.78 is 0. The molecular formula is C14H19NOS. The highest BCUT2D eigenvalue weighted by Gasteiger charge is 2.34. The number of aliphatic hydroxyl groups excluding tert-OH is 1. The van der Waals surface area contributed by atoms with Gasteiger partial charge in [-0.3, -0.25) is 0 Å². The molecule has 2 bridgehead atoms. The molecule has 1 fully saturated rings. The molecule has 0 aliphatic heterocycles. The van der Waals surface area contributed by atoms with Crippen LogP contribution in [0.5, 0.6) is 0 Å². The maximum absolute atomic E-state index is 9.95. The number of thiophene rings is 1. The van der Waals surface area contributed by atoms with Crippen molar-refractivity contribution >= 4 is 11.3 Å². The van der Waals surface area contributed by atoms with Gasteiger partial charge < -0.3 is 10.4 Å². The minimum Gasteiger partial charge on any atom is -0.387 e. The highest BCUT2D eigenvalue weighted by Crippen LogP contribution is 2.42. The standard InChI is InChI=1S/C14H19NOS/c16-14(12-3-4-17-9-12)8-15-7-13-6-10-1-2-11(13)5-10/h1-4,9-11,13-16H,5-8H2. The summed E-state index contributed by atoms with van der Waals surface area (Å²) in [6, 6.07) is 2.00. The quantitative estimate of drug-likeness (QED) is 0.786. The van der Waals surface area contributed by atoms with Gasteiger partial charge in [-0.2, -0.15) is 11.3 Å². The van der Waals surface area contributed by atoms with E-state index < -0.39 is 0 Å². The van der Waals surface area contributed by atoms with Crippen LogP contribution in [0, 0.1) is 17.8 Å². The molecule has 4 unspecified atom stereocenters. The molecule has 1 heterocycles. The zero-order valence-corrected chi connectivity index (χ0v) is 10.7. The fourth-order valence-corrected chi connectivity index (χ4v) is 3.82. The SMILES string of the molecule is OC(CNCC1CC2C=CC1C2)c1ccsc1. The maximum Gasteiger partial charge on any atom is 0.0922 e. The van der Waals surface area contributed by atoms with E-state index in [1.54, 1.807) is 11.3 Å². The second kappa shape index (κ2) is 4.92. The molecule has 3 heteroatoms. The maximum atomic E-state index is 9.95. The normalized spacial score (nSPS) is 32.2. The van der Waals surface area contributed by atoms with Gasteiger partial charge in [-0.15, -0.1) is 0 Å². The van der Waals surface area contributed by atoms with Crippen LogP contribution >= 0.6 is 11.3 Å². The van der Waals surface area contributed by atoms with E-state index in [4.69, 9.17) is 0 Å². The summed E-state index contributed by atoms with van der Waals surface area (Å²) in [5.74, 6) is 2.43. The highest BCUT2D eigenvalue weighted by molar-refractivity contribution is 7.07. The van der Waals surface area contributed by atoms with Crippen LogP contribution in [0.4, 0.5) is 0 Å². The average Bonchev–Trinajstić information content (AvgIpc) is 3.06. The molecule has 0 spiro atoms. The van der Waals surface area contributed by atoms with Crippen LogP contribution in [0.3, 0.4) is 0 Å². The zero-order valence-electron chi connectivity index (χ0n) is 9.88. The molecule has 1 aromatic rings. The third-order valence-electron chi connectivity index (χ3n) is 4.09. The lowest BCUT2D eigenvalue weighted by atomic mass is 9.93. The van der Waals surface area contributed by atoms with Gasteiger partial charge in [-0.1, -0.05) is 12.2 Å². The van der Waals surface area contributed by atoms with Crippen molar-refractivity contribution < 1.29 is 5.11 Å². The molecule has 1 saturated carbocycles. The molecule has 2 aliphatic rings. The topological polar surface area (TPSA) is 32.3 Å². The predicted octanol–water partition coefficient (Wildman–Crippen LogP) is 2.58. The van der Waals surface area contributed by atoms with Crippen LogP contribution in [0.25, 0.3) is 0 Å². The van der Waals surface area contributed by atoms with Gasteiger partial charge in [0.2, 0.25) is 0 Å². The minimum atomic E-state index is -0.351. The molecule has 0 radical (unpaired) electrons. The van der Waals surface area contributed by atoms with E-state index in [2.05, 4.69) is 17.5 Å². The number of hydrogen-bond donors (Lipinski definition) is 2. The second-order valence-electron chi connectivity index (χ2n) is 5.27. The van der Waals surface area contributed by atoms with Gasteiger partial charge in [-0.25, -0.2) is 0 Å². The Morgan fingerprint density at radius 3 is 3.00 bits per heavy atom. The molecule has 2 aliphatic carbocycles. The Morgan fingerprint density at radius 1 is 1.41 bits per heavy atom. The van der Waals surface area contributed by atoms with E-state index in [0.29, 0.717) is 6.54 Å². The van der Waals surface area contributed by atoms with E-state index in [9.17, 15) is 5.11 Å². The minimum absolute atomic E-state index is 0.351. The molecule has 0 aromatic carbocycles. The molecule has 2 N–H and O–H groups in total. The van der Waals surface area contributed by atoms with Crippen LogP contribution in [0.2, 0.25) is 0 Å². The Bertz CT molecular complexity index is 387. The summed E-state index contributed by atoms with van der Waals surface area (Å²) in [5.41, 5.74) is 1.04. The molecule has 2 nitrogen and oxygen atoms in total. The molecule has 1 aromatic heterocycles. The Kier molecular flexibility index (Phi) is 3.32. The smallest absolute Gasteiger partial charge is 0.0922 e.